The lowest BCUT2D eigenvalue weighted by atomic mass is 10.2. The van der Waals surface area contributed by atoms with Crippen molar-refractivity contribution in [2.75, 3.05) is 24.8 Å². The average molecular weight is 347 g/mol. The van der Waals surface area contributed by atoms with Crippen LogP contribution in [0.4, 0.5) is 5.69 Å². The molecule has 1 fully saturated rings. The number of aromatic nitrogens is 2. The van der Waals surface area contributed by atoms with E-state index >= 15 is 0 Å². The van der Waals surface area contributed by atoms with E-state index < -0.39 is 10.8 Å². The molecule has 0 saturated heterocycles. The number of nitrogens with one attached hydrogen (secondary N) is 2. The molecule has 1 amide bonds. The molecule has 3 rings (SSSR count). The van der Waals surface area contributed by atoms with Gasteiger partial charge in [-0.3, -0.25) is 14.1 Å². The topological polar surface area (TPSA) is 84.1 Å². The third kappa shape index (κ3) is 4.52. The summed E-state index contributed by atoms with van der Waals surface area (Å²) in [5, 5.41) is 9.85. The fourth-order valence-corrected chi connectivity index (χ4v) is 3.47. The van der Waals surface area contributed by atoms with Crippen molar-refractivity contribution >= 4 is 22.4 Å². The van der Waals surface area contributed by atoms with Crippen molar-refractivity contribution in [2.45, 2.75) is 24.5 Å². The number of nitrogens with zero attached hydrogens (tertiary/aromatic N) is 1. The molecule has 1 aliphatic carbocycles. The molecular formula is C17H21N3O3S. The molecule has 1 atom stereocenters. The van der Waals surface area contributed by atoms with Crippen LogP contribution in [0.5, 0.6) is 0 Å². The van der Waals surface area contributed by atoms with Crippen LogP contribution in [0.3, 0.4) is 0 Å². The van der Waals surface area contributed by atoms with Crippen LogP contribution in [-0.4, -0.2) is 39.8 Å². The highest BCUT2D eigenvalue weighted by Crippen LogP contribution is 2.39. The molecule has 0 bridgehead atoms. The fourth-order valence-electron chi connectivity index (χ4n) is 2.42. The molecular weight excluding hydrogens is 326 g/mol. The van der Waals surface area contributed by atoms with Crippen LogP contribution >= 0.6 is 0 Å². The molecule has 1 heterocycles. The fraction of sp³-hybridized carbons (Fsp3) is 0.412. The van der Waals surface area contributed by atoms with Gasteiger partial charge < -0.3 is 10.1 Å². The van der Waals surface area contributed by atoms with Gasteiger partial charge in [-0.05, 0) is 36.6 Å². The molecule has 0 radical (unpaired) electrons. The van der Waals surface area contributed by atoms with E-state index in [4.69, 9.17) is 4.74 Å². The Hall–Kier alpha value is -1.99. The molecule has 0 spiro atoms. The number of benzene rings is 1. The Morgan fingerprint density at radius 3 is 3.00 bits per heavy atom. The van der Waals surface area contributed by atoms with Crippen molar-refractivity contribution in [3.05, 3.63) is 47.3 Å². The summed E-state index contributed by atoms with van der Waals surface area (Å²) in [4.78, 5) is 12.3. The van der Waals surface area contributed by atoms with Crippen LogP contribution in [0.15, 0.2) is 30.3 Å². The second kappa shape index (κ2) is 7.72. The Labute approximate surface area is 143 Å². The molecule has 1 aliphatic rings. The summed E-state index contributed by atoms with van der Waals surface area (Å²) in [5.41, 5.74) is 3.02. The number of carbonyl (C=O) groups excluding carboxylic acids is 1. The highest BCUT2D eigenvalue weighted by molar-refractivity contribution is 7.84. The van der Waals surface area contributed by atoms with Gasteiger partial charge in [0.2, 0.25) is 0 Å². The molecule has 7 heteroatoms. The van der Waals surface area contributed by atoms with E-state index in [0.717, 1.165) is 24.1 Å². The number of rotatable bonds is 8. The van der Waals surface area contributed by atoms with Gasteiger partial charge in [0.05, 0.1) is 6.61 Å². The number of H-pyrrole nitrogens is 1. The molecule has 24 heavy (non-hydrogen) atoms. The van der Waals surface area contributed by atoms with E-state index in [0.29, 0.717) is 35.4 Å². The van der Waals surface area contributed by atoms with Gasteiger partial charge in [0, 0.05) is 46.7 Å². The Kier molecular flexibility index (Phi) is 5.42. The van der Waals surface area contributed by atoms with Gasteiger partial charge >= 0.3 is 0 Å². The third-order valence-electron chi connectivity index (χ3n) is 3.88. The van der Waals surface area contributed by atoms with Crippen molar-refractivity contribution in [3.8, 4) is 0 Å². The van der Waals surface area contributed by atoms with Gasteiger partial charge in [0.25, 0.3) is 5.91 Å². The van der Waals surface area contributed by atoms with Gasteiger partial charge in [0.1, 0.15) is 0 Å². The lowest BCUT2D eigenvalue weighted by Gasteiger charge is -2.06. The summed E-state index contributed by atoms with van der Waals surface area (Å²) in [6.07, 6.45) is 2.32. The van der Waals surface area contributed by atoms with E-state index in [1.54, 1.807) is 7.11 Å². The summed E-state index contributed by atoms with van der Waals surface area (Å²) in [6, 6.07) is 9.22. The lowest BCUT2D eigenvalue weighted by Crippen LogP contribution is -2.13. The Morgan fingerprint density at radius 1 is 1.42 bits per heavy atom. The standard InChI is InChI=1S/C17H21N3O3S/c1-23-7-8-24(22)11-12-3-2-4-14(9-12)18-17(21)16-10-15(19-20-16)13-5-6-13/h2-4,9-10,13H,5-8,11H2,1H3,(H,18,21)(H,19,20)/t24-/m1/s1. The first kappa shape index (κ1) is 16.9. The van der Waals surface area contributed by atoms with Crippen LogP contribution in [0.2, 0.25) is 0 Å². The average Bonchev–Trinajstić information content (AvgIpc) is 3.30. The number of amides is 1. The third-order valence-corrected chi connectivity index (χ3v) is 5.15. The number of carbonyl (C=O) groups is 1. The molecule has 0 aliphatic heterocycles. The predicted molar refractivity (Wildman–Crippen MR) is 93.5 cm³/mol. The monoisotopic (exact) mass is 347 g/mol. The molecule has 1 aromatic carbocycles. The van der Waals surface area contributed by atoms with Gasteiger partial charge in [-0.2, -0.15) is 5.10 Å². The summed E-state index contributed by atoms with van der Waals surface area (Å²) >= 11 is 0. The summed E-state index contributed by atoms with van der Waals surface area (Å²) in [5.74, 6) is 1.24. The number of hydrogen-bond donors (Lipinski definition) is 2. The molecule has 6 nitrogen and oxygen atoms in total. The van der Waals surface area contributed by atoms with Gasteiger partial charge in [0.15, 0.2) is 5.69 Å². The Balaban J connectivity index is 1.60. The minimum absolute atomic E-state index is 0.240. The van der Waals surface area contributed by atoms with Crippen molar-refractivity contribution < 1.29 is 13.7 Å². The molecule has 1 saturated carbocycles. The maximum atomic E-state index is 12.3. The zero-order valence-corrected chi connectivity index (χ0v) is 14.4. The molecule has 0 unspecified atom stereocenters. The van der Waals surface area contributed by atoms with E-state index in [1.807, 2.05) is 30.3 Å². The van der Waals surface area contributed by atoms with Crippen molar-refractivity contribution in [3.63, 3.8) is 0 Å². The molecule has 128 valence electrons. The van der Waals surface area contributed by atoms with Crippen LogP contribution in [-0.2, 0) is 21.3 Å². The Morgan fingerprint density at radius 2 is 2.25 bits per heavy atom. The molecule has 1 aromatic heterocycles. The smallest absolute Gasteiger partial charge is 0.276 e. The zero-order valence-electron chi connectivity index (χ0n) is 13.6. The maximum absolute atomic E-state index is 12.3. The van der Waals surface area contributed by atoms with E-state index in [9.17, 15) is 9.00 Å². The SMILES string of the molecule is COCC[S@@](=O)Cc1cccc(NC(=O)c2cc(C3CC3)[nH]n2)c1. The van der Waals surface area contributed by atoms with E-state index in [-0.39, 0.29) is 5.91 Å². The molecule has 2 aromatic rings. The largest absolute Gasteiger partial charge is 0.384 e. The first-order chi connectivity index (χ1) is 11.7. The second-order valence-corrected chi connectivity index (χ2v) is 7.49. The van der Waals surface area contributed by atoms with Crippen molar-refractivity contribution in [1.82, 2.24) is 10.2 Å². The quantitative estimate of drug-likeness (QED) is 0.768. The minimum atomic E-state index is -0.978. The van der Waals surface area contributed by atoms with Crippen molar-refractivity contribution in [1.29, 1.82) is 0 Å². The van der Waals surface area contributed by atoms with E-state index in [2.05, 4.69) is 15.5 Å². The highest BCUT2D eigenvalue weighted by Gasteiger charge is 2.26. The van der Waals surface area contributed by atoms with Gasteiger partial charge in [-0.1, -0.05) is 12.1 Å². The second-order valence-electron chi connectivity index (χ2n) is 5.92. The van der Waals surface area contributed by atoms with Gasteiger partial charge in [-0.15, -0.1) is 0 Å². The zero-order chi connectivity index (χ0) is 16.9. The highest BCUT2D eigenvalue weighted by atomic mass is 32.2. The summed E-state index contributed by atoms with van der Waals surface area (Å²) < 4.78 is 16.9. The number of ether oxygens (including phenoxy) is 1. The summed E-state index contributed by atoms with van der Waals surface area (Å²) in [6.45, 7) is 0.478. The number of anilines is 1. The van der Waals surface area contributed by atoms with Crippen LogP contribution in [0.25, 0.3) is 0 Å². The Bertz CT molecular complexity index is 740. The number of aromatic amines is 1. The van der Waals surface area contributed by atoms with E-state index in [1.165, 1.54) is 0 Å². The van der Waals surface area contributed by atoms with Crippen LogP contribution in [0.1, 0.15) is 40.5 Å². The van der Waals surface area contributed by atoms with Gasteiger partial charge in [-0.25, -0.2) is 0 Å². The van der Waals surface area contributed by atoms with Crippen LogP contribution in [0, 0.1) is 0 Å². The number of hydrogen-bond acceptors (Lipinski definition) is 4. The van der Waals surface area contributed by atoms with Crippen LogP contribution < -0.4 is 5.32 Å². The first-order valence-corrected chi connectivity index (χ1v) is 9.44. The minimum Gasteiger partial charge on any atom is -0.384 e. The lowest BCUT2D eigenvalue weighted by molar-refractivity contribution is 0.102. The number of methoxy groups -OCH3 is 1. The maximum Gasteiger partial charge on any atom is 0.276 e. The normalized spacial score (nSPS) is 15.2. The predicted octanol–water partition coefficient (Wildman–Crippen LogP) is 2.43. The molecule has 2 N–H and O–H groups in total. The first-order valence-electron chi connectivity index (χ1n) is 7.95. The van der Waals surface area contributed by atoms with Crippen molar-refractivity contribution in [2.24, 2.45) is 0 Å². The summed E-state index contributed by atoms with van der Waals surface area (Å²) in [7, 11) is 0.616.